The van der Waals surface area contributed by atoms with E-state index in [9.17, 15) is 4.79 Å². The van der Waals surface area contributed by atoms with E-state index in [1.54, 1.807) is 17.4 Å². The van der Waals surface area contributed by atoms with Crippen molar-refractivity contribution in [3.63, 3.8) is 0 Å². The molecule has 0 spiro atoms. The van der Waals surface area contributed by atoms with Crippen LogP contribution in [-0.4, -0.2) is 26.1 Å². The first-order valence-corrected chi connectivity index (χ1v) is 8.30. The van der Waals surface area contributed by atoms with Gasteiger partial charge in [-0.1, -0.05) is 29.8 Å². The van der Waals surface area contributed by atoms with Crippen molar-refractivity contribution >= 4 is 28.8 Å². The van der Waals surface area contributed by atoms with Gasteiger partial charge in [-0.25, -0.2) is 0 Å². The molecular formula is C15H14ClN5OS. The Morgan fingerprint density at radius 2 is 2.22 bits per heavy atom. The smallest absolute Gasteiger partial charge is 0.244 e. The number of nitrogens with one attached hydrogen (secondary N) is 1. The minimum Gasteiger partial charge on any atom is -0.348 e. The maximum Gasteiger partial charge on any atom is 0.244 e. The number of amides is 1. The Balaban J connectivity index is 1.62. The van der Waals surface area contributed by atoms with Crippen LogP contribution < -0.4 is 5.32 Å². The molecular weight excluding hydrogens is 334 g/mol. The van der Waals surface area contributed by atoms with Crippen molar-refractivity contribution in [3.8, 4) is 11.4 Å². The number of hydrogen-bond acceptors (Lipinski definition) is 5. The molecule has 0 aliphatic carbocycles. The number of hydrogen-bond donors (Lipinski definition) is 1. The highest BCUT2D eigenvalue weighted by molar-refractivity contribution is 7.08. The Labute approximate surface area is 142 Å². The fourth-order valence-corrected chi connectivity index (χ4v) is 3.07. The maximum atomic E-state index is 12.1. The molecule has 6 nitrogen and oxygen atoms in total. The van der Waals surface area contributed by atoms with E-state index in [1.807, 2.05) is 41.9 Å². The van der Waals surface area contributed by atoms with Crippen LogP contribution >= 0.6 is 22.9 Å². The number of rotatable bonds is 5. The van der Waals surface area contributed by atoms with E-state index in [2.05, 4.69) is 20.7 Å². The molecule has 2 heterocycles. The first kappa shape index (κ1) is 15.6. The highest BCUT2D eigenvalue weighted by Crippen LogP contribution is 2.22. The Morgan fingerprint density at radius 1 is 1.39 bits per heavy atom. The molecule has 118 valence electrons. The minimum atomic E-state index is -0.202. The molecule has 0 radical (unpaired) electrons. The zero-order chi connectivity index (χ0) is 16.2. The number of carbonyl (C=O) groups excluding carboxylic acids is 1. The summed E-state index contributed by atoms with van der Waals surface area (Å²) in [6, 6.07) is 9.13. The molecule has 3 aromatic rings. The summed E-state index contributed by atoms with van der Waals surface area (Å²) in [5.74, 6) is 0.310. The molecule has 1 amide bonds. The average molecular weight is 348 g/mol. The number of benzene rings is 1. The lowest BCUT2D eigenvalue weighted by molar-refractivity contribution is -0.122. The van der Waals surface area contributed by atoms with Gasteiger partial charge < -0.3 is 5.32 Å². The molecule has 1 aromatic carbocycles. The van der Waals surface area contributed by atoms with Crippen molar-refractivity contribution in [2.75, 3.05) is 0 Å². The molecule has 8 heteroatoms. The van der Waals surface area contributed by atoms with Crippen molar-refractivity contribution < 1.29 is 4.79 Å². The molecule has 0 unspecified atom stereocenters. The van der Waals surface area contributed by atoms with Crippen LogP contribution in [0, 0.1) is 0 Å². The van der Waals surface area contributed by atoms with Crippen LogP contribution in [0.3, 0.4) is 0 Å². The molecule has 0 saturated heterocycles. The Hall–Kier alpha value is -2.25. The third-order valence-electron chi connectivity index (χ3n) is 3.27. The zero-order valence-electron chi connectivity index (χ0n) is 12.3. The zero-order valence-corrected chi connectivity index (χ0v) is 13.9. The predicted octanol–water partition coefficient (Wildman–Crippen LogP) is 2.93. The summed E-state index contributed by atoms with van der Waals surface area (Å²) < 4.78 is 0. The Kier molecular flexibility index (Phi) is 4.68. The molecule has 0 aliphatic rings. The maximum absolute atomic E-state index is 12.1. The standard InChI is InChI=1S/C15H14ClN5OS/c1-10(12-4-2-3-5-13(12)16)17-14(22)8-21-19-15(18-20-21)11-6-7-23-9-11/h2-7,9-10H,8H2,1H3,(H,17,22)/t10-/m0/s1. The van der Waals surface area contributed by atoms with Gasteiger partial charge in [0.05, 0.1) is 6.04 Å². The van der Waals surface area contributed by atoms with Crippen molar-refractivity contribution in [3.05, 3.63) is 51.7 Å². The second kappa shape index (κ2) is 6.89. The monoisotopic (exact) mass is 347 g/mol. The summed E-state index contributed by atoms with van der Waals surface area (Å²) in [5, 5.41) is 19.4. The van der Waals surface area contributed by atoms with Gasteiger partial charge in [0.15, 0.2) is 0 Å². The van der Waals surface area contributed by atoms with Crippen molar-refractivity contribution in [1.29, 1.82) is 0 Å². The van der Waals surface area contributed by atoms with Gasteiger partial charge in [-0.3, -0.25) is 4.79 Å². The molecule has 0 saturated carbocycles. The quantitative estimate of drug-likeness (QED) is 0.770. The largest absolute Gasteiger partial charge is 0.348 e. The van der Waals surface area contributed by atoms with Crippen molar-refractivity contribution in [1.82, 2.24) is 25.5 Å². The predicted molar refractivity (Wildman–Crippen MR) is 89.1 cm³/mol. The van der Waals surface area contributed by atoms with Gasteiger partial charge in [-0.05, 0) is 35.2 Å². The van der Waals surface area contributed by atoms with Crippen molar-refractivity contribution in [2.45, 2.75) is 19.5 Å². The minimum absolute atomic E-state index is 0.00588. The molecule has 23 heavy (non-hydrogen) atoms. The third-order valence-corrected chi connectivity index (χ3v) is 4.29. The SMILES string of the molecule is C[C@H](NC(=O)Cn1nnc(-c2ccsc2)n1)c1ccccc1Cl. The number of nitrogens with zero attached hydrogens (tertiary/aromatic N) is 4. The van der Waals surface area contributed by atoms with Gasteiger partial charge in [0.1, 0.15) is 6.54 Å². The lowest BCUT2D eigenvalue weighted by Gasteiger charge is -2.15. The lowest BCUT2D eigenvalue weighted by Crippen LogP contribution is -2.31. The topological polar surface area (TPSA) is 72.7 Å². The average Bonchev–Trinajstić information content (AvgIpc) is 3.18. The van der Waals surface area contributed by atoms with Crippen LogP contribution in [0.1, 0.15) is 18.5 Å². The Morgan fingerprint density at radius 3 is 2.96 bits per heavy atom. The fraction of sp³-hybridized carbons (Fsp3) is 0.200. The second-order valence-electron chi connectivity index (χ2n) is 4.97. The first-order chi connectivity index (χ1) is 11.1. The highest BCUT2D eigenvalue weighted by Gasteiger charge is 2.14. The van der Waals surface area contributed by atoms with Gasteiger partial charge >= 0.3 is 0 Å². The highest BCUT2D eigenvalue weighted by atomic mass is 35.5. The summed E-state index contributed by atoms with van der Waals surface area (Å²) in [6.07, 6.45) is 0. The summed E-state index contributed by atoms with van der Waals surface area (Å²) in [6.45, 7) is 1.89. The van der Waals surface area contributed by atoms with E-state index in [-0.39, 0.29) is 18.5 Å². The molecule has 3 rings (SSSR count). The lowest BCUT2D eigenvalue weighted by atomic mass is 10.1. The number of aromatic nitrogens is 4. The normalized spacial score (nSPS) is 12.1. The number of tetrazole rings is 1. The number of thiophene rings is 1. The van der Waals surface area contributed by atoms with Crippen LogP contribution in [0.5, 0.6) is 0 Å². The molecule has 1 atom stereocenters. The van der Waals surface area contributed by atoms with Gasteiger partial charge in [-0.2, -0.15) is 16.1 Å². The molecule has 0 aliphatic heterocycles. The Bertz CT molecular complexity index is 802. The first-order valence-electron chi connectivity index (χ1n) is 6.97. The second-order valence-corrected chi connectivity index (χ2v) is 6.15. The van der Waals surface area contributed by atoms with E-state index in [0.29, 0.717) is 10.8 Å². The molecule has 0 bridgehead atoms. The van der Waals surface area contributed by atoms with Gasteiger partial charge in [0.25, 0.3) is 0 Å². The molecule has 2 aromatic heterocycles. The van der Waals surface area contributed by atoms with Crippen LogP contribution in [-0.2, 0) is 11.3 Å². The summed E-state index contributed by atoms with van der Waals surface area (Å²) in [4.78, 5) is 13.4. The molecule has 0 fully saturated rings. The third kappa shape index (κ3) is 3.75. The van der Waals surface area contributed by atoms with Crippen LogP contribution in [0.15, 0.2) is 41.1 Å². The number of halogens is 1. The van der Waals surface area contributed by atoms with Gasteiger partial charge in [0.2, 0.25) is 11.7 Å². The van der Waals surface area contributed by atoms with Gasteiger partial charge in [-0.15, -0.1) is 10.2 Å². The van der Waals surface area contributed by atoms with E-state index in [4.69, 9.17) is 11.6 Å². The summed E-state index contributed by atoms with van der Waals surface area (Å²) >= 11 is 7.69. The van der Waals surface area contributed by atoms with E-state index in [1.165, 1.54) is 4.80 Å². The van der Waals surface area contributed by atoms with E-state index >= 15 is 0 Å². The molecule has 1 N–H and O–H groups in total. The van der Waals surface area contributed by atoms with Crippen LogP contribution in [0.25, 0.3) is 11.4 Å². The summed E-state index contributed by atoms with van der Waals surface area (Å²) in [7, 11) is 0. The van der Waals surface area contributed by atoms with Crippen LogP contribution in [0.2, 0.25) is 5.02 Å². The van der Waals surface area contributed by atoms with E-state index < -0.39 is 0 Å². The van der Waals surface area contributed by atoms with Crippen molar-refractivity contribution in [2.24, 2.45) is 0 Å². The fourth-order valence-electron chi connectivity index (χ4n) is 2.14. The van der Waals surface area contributed by atoms with E-state index in [0.717, 1.165) is 11.1 Å². The summed E-state index contributed by atoms with van der Waals surface area (Å²) in [5.41, 5.74) is 1.76. The van der Waals surface area contributed by atoms with Crippen LogP contribution in [0.4, 0.5) is 0 Å². The van der Waals surface area contributed by atoms with Gasteiger partial charge in [0, 0.05) is 16.0 Å². The number of carbonyl (C=O) groups is 1.